The molecule has 0 aromatic carbocycles. The van der Waals surface area contributed by atoms with Gasteiger partial charge < -0.3 is 9.84 Å². The molecule has 90 valence electrons. The third kappa shape index (κ3) is 1.29. The van der Waals surface area contributed by atoms with Gasteiger partial charge in [0.25, 0.3) is 0 Å². The molecule has 3 heterocycles. The van der Waals surface area contributed by atoms with Gasteiger partial charge in [-0.15, -0.1) is 0 Å². The maximum atomic E-state index is 11.9. The van der Waals surface area contributed by atoms with Crippen LogP contribution in [0.4, 0.5) is 10.5 Å². The molecule has 0 aliphatic carbocycles. The Kier molecular flexibility index (Phi) is 1.98. The zero-order valence-corrected chi connectivity index (χ0v) is 9.80. The summed E-state index contributed by atoms with van der Waals surface area (Å²) in [5.74, 6) is -0.0341. The van der Waals surface area contributed by atoms with E-state index in [-0.39, 0.29) is 18.6 Å². The van der Waals surface area contributed by atoms with E-state index in [0.29, 0.717) is 6.54 Å². The second-order valence-corrected chi connectivity index (χ2v) is 4.97. The van der Waals surface area contributed by atoms with Crippen molar-refractivity contribution in [1.29, 1.82) is 0 Å². The van der Waals surface area contributed by atoms with Gasteiger partial charge in [-0.3, -0.25) is 9.88 Å². The van der Waals surface area contributed by atoms with Crippen molar-refractivity contribution in [3.05, 3.63) is 23.5 Å². The van der Waals surface area contributed by atoms with Gasteiger partial charge >= 0.3 is 6.09 Å². The van der Waals surface area contributed by atoms with Crippen LogP contribution in [0.25, 0.3) is 0 Å². The number of rotatable bonds is 1. The summed E-state index contributed by atoms with van der Waals surface area (Å²) in [5, 5.41) is 9.35. The highest BCUT2D eigenvalue weighted by molar-refractivity contribution is 5.94. The van der Waals surface area contributed by atoms with E-state index in [1.165, 1.54) is 0 Å². The number of amides is 1. The van der Waals surface area contributed by atoms with Crippen LogP contribution in [0.2, 0.25) is 0 Å². The fraction of sp³-hybridized carbons (Fsp3) is 0.500. The number of pyridine rings is 1. The fourth-order valence-electron chi connectivity index (χ4n) is 2.58. The molecule has 0 bridgehead atoms. The maximum Gasteiger partial charge on any atom is 0.415 e. The predicted octanol–water partition coefficient (Wildman–Crippen LogP) is 1.36. The van der Waals surface area contributed by atoms with E-state index in [1.54, 1.807) is 11.1 Å². The van der Waals surface area contributed by atoms with E-state index in [4.69, 9.17) is 4.74 Å². The lowest BCUT2D eigenvalue weighted by Crippen LogP contribution is -2.42. The van der Waals surface area contributed by atoms with Crippen molar-refractivity contribution in [2.24, 2.45) is 0 Å². The topological polar surface area (TPSA) is 62.7 Å². The largest absolute Gasteiger partial charge is 0.437 e. The maximum absolute atomic E-state index is 11.9. The molecule has 5 nitrogen and oxygen atoms in total. The predicted molar refractivity (Wildman–Crippen MR) is 60.9 cm³/mol. The number of carbonyl (C=O) groups is 1. The Balaban J connectivity index is 2.24. The molecule has 1 amide bonds. The zero-order chi connectivity index (χ0) is 12.2. The molecule has 0 spiro atoms. The summed E-state index contributed by atoms with van der Waals surface area (Å²) in [6.45, 7) is 4.16. The molecule has 1 atom stereocenters. The average molecular weight is 234 g/mol. The van der Waals surface area contributed by atoms with Crippen molar-refractivity contribution in [3.8, 4) is 0 Å². The molecule has 1 aromatic rings. The number of nitrogens with zero attached hydrogens (tertiary/aromatic N) is 2. The van der Waals surface area contributed by atoms with Crippen molar-refractivity contribution >= 4 is 11.8 Å². The number of aromatic nitrogens is 1. The molecular weight excluding hydrogens is 220 g/mol. The summed E-state index contributed by atoms with van der Waals surface area (Å²) in [6.07, 6.45) is 1.36. The third-order valence-corrected chi connectivity index (χ3v) is 3.42. The van der Waals surface area contributed by atoms with E-state index >= 15 is 0 Å². The van der Waals surface area contributed by atoms with Crippen LogP contribution in [0, 0.1) is 0 Å². The van der Waals surface area contributed by atoms with Gasteiger partial charge in [-0.25, -0.2) is 4.79 Å². The van der Waals surface area contributed by atoms with Crippen LogP contribution in [0.3, 0.4) is 0 Å². The van der Waals surface area contributed by atoms with Crippen molar-refractivity contribution in [2.75, 3.05) is 18.1 Å². The Labute approximate surface area is 99.0 Å². The average Bonchev–Trinajstić information content (AvgIpc) is 2.65. The molecule has 1 N–H and O–H groups in total. The number of hydrogen-bond acceptors (Lipinski definition) is 4. The first-order chi connectivity index (χ1) is 8.04. The van der Waals surface area contributed by atoms with Crippen LogP contribution in [-0.2, 0) is 10.3 Å². The summed E-state index contributed by atoms with van der Waals surface area (Å²) in [5.41, 5.74) is 1.88. The molecule has 2 aliphatic heterocycles. The monoisotopic (exact) mass is 234 g/mol. The zero-order valence-electron chi connectivity index (χ0n) is 9.80. The van der Waals surface area contributed by atoms with Gasteiger partial charge in [-0.05, 0) is 25.5 Å². The lowest BCUT2D eigenvalue weighted by Gasteiger charge is -2.35. The lowest BCUT2D eigenvalue weighted by atomic mass is 9.96. The molecule has 3 rings (SSSR count). The minimum atomic E-state index is -0.705. The van der Waals surface area contributed by atoms with E-state index in [0.717, 1.165) is 16.9 Å². The normalized spacial score (nSPS) is 24.5. The van der Waals surface area contributed by atoms with Crippen molar-refractivity contribution in [2.45, 2.75) is 25.4 Å². The van der Waals surface area contributed by atoms with Crippen molar-refractivity contribution in [1.82, 2.24) is 4.98 Å². The standard InChI is InChI=1S/C12H14N2O3/c1-12(2)10-9-8(3-4-13-10)7(6-15)5-14(9)11(16)17-12/h3-4,7,15H,5-6H2,1-2H3. The van der Waals surface area contributed by atoms with Crippen LogP contribution < -0.4 is 4.90 Å². The van der Waals surface area contributed by atoms with Crippen LogP contribution in [-0.4, -0.2) is 29.3 Å². The fourth-order valence-corrected chi connectivity index (χ4v) is 2.58. The van der Waals surface area contributed by atoms with Gasteiger partial charge in [-0.2, -0.15) is 0 Å². The number of ether oxygens (including phenoxy) is 1. The highest BCUT2D eigenvalue weighted by Crippen LogP contribution is 2.46. The molecule has 0 radical (unpaired) electrons. The SMILES string of the molecule is CC1(C)OC(=O)N2CC(CO)c3ccnc1c32. The van der Waals surface area contributed by atoms with Crippen LogP contribution in [0.5, 0.6) is 0 Å². The van der Waals surface area contributed by atoms with Gasteiger partial charge in [-0.1, -0.05) is 0 Å². The van der Waals surface area contributed by atoms with Gasteiger partial charge in [0.15, 0.2) is 5.60 Å². The number of carbonyl (C=O) groups excluding carboxylic acids is 1. The molecule has 5 heteroatoms. The number of anilines is 1. The quantitative estimate of drug-likeness (QED) is 0.797. The first kappa shape index (κ1) is 10.5. The highest BCUT2D eigenvalue weighted by Gasteiger charge is 2.45. The number of aliphatic hydroxyl groups is 1. The summed E-state index contributed by atoms with van der Waals surface area (Å²) in [7, 11) is 0. The molecule has 0 saturated carbocycles. The first-order valence-electron chi connectivity index (χ1n) is 5.65. The molecule has 0 fully saturated rings. The van der Waals surface area contributed by atoms with Gasteiger partial charge in [0.05, 0.1) is 12.3 Å². The van der Waals surface area contributed by atoms with Gasteiger partial charge in [0.1, 0.15) is 5.69 Å². The van der Waals surface area contributed by atoms with Crippen LogP contribution in [0.15, 0.2) is 12.3 Å². The Morgan fingerprint density at radius 1 is 1.65 bits per heavy atom. The Bertz CT molecular complexity index is 499. The number of aliphatic hydroxyl groups excluding tert-OH is 1. The smallest absolute Gasteiger partial charge is 0.415 e. The third-order valence-electron chi connectivity index (χ3n) is 3.42. The summed E-state index contributed by atoms with van der Waals surface area (Å²) < 4.78 is 5.37. The van der Waals surface area contributed by atoms with E-state index < -0.39 is 5.60 Å². The summed E-state index contributed by atoms with van der Waals surface area (Å²) >= 11 is 0. The second kappa shape index (κ2) is 3.20. The highest BCUT2D eigenvalue weighted by atomic mass is 16.6. The molecule has 2 aliphatic rings. The minimum Gasteiger partial charge on any atom is -0.437 e. The van der Waals surface area contributed by atoms with Gasteiger partial charge in [0.2, 0.25) is 0 Å². The van der Waals surface area contributed by atoms with Crippen LogP contribution >= 0.6 is 0 Å². The van der Waals surface area contributed by atoms with Crippen LogP contribution in [0.1, 0.15) is 31.0 Å². The van der Waals surface area contributed by atoms with Crippen molar-refractivity contribution < 1.29 is 14.6 Å². The Morgan fingerprint density at radius 3 is 3.12 bits per heavy atom. The second-order valence-electron chi connectivity index (χ2n) is 4.97. The number of cyclic esters (lactones) is 1. The lowest BCUT2D eigenvalue weighted by molar-refractivity contribution is 0.0322. The molecule has 1 unspecified atom stereocenters. The van der Waals surface area contributed by atoms with E-state index in [1.807, 2.05) is 19.9 Å². The molecular formula is C12H14N2O3. The van der Waals surface area contributed by atoms with E-state index in [9.17, 15) is 9.90 Å². The Hall–Kier alpha value is -1.62. The summed E-state index contributed by atoms with van der Waals surface area (Å²) in [4.78, 5) is 17.8. The Morgan fingerprint density at radius 2 is 2.41 bits per heavy atom. The molecule has 17 heavy (non-hydrogen) atoms. The van der Waals surface area contributed by atoms with E-state index in [2.05, 4.69) is 4.98 Å². The first-order valence-corrected chi connectivity index (χ1v) is 5.65. The number of hydrogen-bond donors (Lipinski definition) is 1. The summed E-state index contributed by atoms with van der Waals surface area (Å²) in [6, 6.07) is 1.87. The van der Waals surface area contributed by atoms with Gasteiger partial charge in [0, 0.05) is 18.7 Å². The van der Waals surface area contributed by atoms with Crippen molar-refractivity contribution in [3.63, 3.8) is 0 Å². The molecule has 1 aromatic heterocycles. The minimum absolute atomic E-state index is 0.0284. The molecule has 0 saturated heterocycles.